The van der Waals surface area contributed by atoms with Crippen LogP contribution in [0.4, 0.5) is 13.2 Å². The number of hydrogen-bond donors (Lipinski definition) is 1. The molecule has 0 aliphatic carbocycles. The van der Waals surface area contributed by atoms with Gasteiger partial charge in [0.05, 0.1) is 18.5 Å². The van der Waals surface area contributed by atoms with Gasteiger partial charge in [0.1, 0.15) is 0 Å². The Kier molecular flexibility index (Phi) is 3.36. The third kappa shape index (κ3) is 2.49. The Morgan fingerprint density at radius 1 is 1.21 bits per heavy atom. The average molecular weight is 270 g/mol. The molecule has 1 heterocycles. The number of aryl methyl sites for hydroxylation is 2. The Hall–Kier alpha value is -1.82. The van der Waals surface area contributed by atoms with Crippen molar-refractivity contribution in [1.29, 1.82) is 0 Å². The molecule has 0 atom stereocenters. The summed E-state index contributed by atoms with van der Waals surface area (Å²) in [5.74, 6) is 0. The third-order valence-electron chi connectivity index (χ3n) is 3.02. The minimum absolute atomic E-state index is 0.231. The van der Waals surface area contributed by atoms with E-state index >= 15 is 0 Å². The van der Waals surface area contributed by atoms with Gasteiger partial charge in [0.25, 0.3) is 0 Å². The van der Waals surface area contributed by atoms with Crippen LogP contribution in [-0.2, 0) is 12.8 Å². The Balaban J connectivity index is 2.62. The molecule has 0 radical (unpaired) electrons. The molecule has 0 aliphatic rings. The maximum Gasteiger partial charge on any atom is 0.433 e. The van der Waals surface area contributed by atoms with Gasteiger partial charge in [-0.25, -0.2) is 4.68 Å². The fourth-order valence-corrected chi connectivity index (χ4v) is 1.85. The lowest BCUT2D eigenvalue weighted by atomic mass is 10.1. The summed E-state index contributed by atoms with van der Waals surface area (Å²) in [4.78, 5) is 0. The van der Waals surface area contributed by atoms with Gasteiger partial charge in [-0.1, -0.05) is 6.07 Å². The summed E-state index contributed by atoms with van der Waals surface area (Å²) in [6, 6.07) is 4.95. The van der Waals surface area contributed by atoms with Crippen molar-refractivity contribution in [3.63, 3.8) is 0 Å². The summed E-state index contributed by atoms with van der Waals surface area (Å²) in [6.45, 7) is 3.01. The summed E-state index contributed by atoms with van der Waals surface area (Å²) in [7, 11) is 0. The highest BCUT2D eigenvalue weighted by Gasteiger charge is 2.38. The first-order chi connectivity index (χ1) is 8.84. The normalized spacial score (nSPS) is 11.9. The number of benzene rings is 1. The fourth-order valence-electron chi connectivity index (χ4n) is 1.85. The molecule has 0 unspecified atom stereocenters. The van der Waals surface area contributed by atoms with Gasteiger partial charge in [0.15, 0.2) is 5.69 Å². The van der Waals surface area contributed by atoms with Crippen LogP contribution in [0.5, 0.6) is 0 Å². The molecule has 3 nitrogen and oxygen atoms in total. The molecule has 6 heteroatoms. The predicted octanol–water partition coefficient (Wildman–Crippen LogP) is 3.00. The van der Waals surface area contributed by atoms with Crippen LogP contribution in [0.15, 0.2) is 24.4 Å². The van der Waals surface area contributed by atoms with Crippen LogP contribution in [0, 0.1) is 13.8 Å². The maximum absolute atomic E-state index is 13.0. The Morgan fingerprint density at radius 3 is 2.42 bits per heavy atom. The second-order valence-corrected chi connectivity index (χ2v) is 4.35. The van der Waals surface area contributed by atoms with Gasteiger partial charge in [-0.15, -0.1) is 0 Å². The van der Waals surface area contributed by atoms with Crippen molar-refractivity contribution in [3.05, 3.63) is 46.8 Å². The van der Waals surface area contributed by atoms with Crippen LogP contribution in [-0.4, -0.2) is 14.9 Å². The first-order valence-electron chi connectivity index (χ1n) is 5.67. The number of aromatic nitrogens is 2. The Labute approximate surface area is 108 Å². The smallest absolute Gasteiger partial charge is 0.392 e. The number of aliphatic hydroxyl groups is 1. The van der Waals surface area contributed by atoms with E-state index in [0.717, 1.165) is 22.0 Å². The van der Waals surface area contributed by atoms with Gasteiger partial charge in [-0.05, 0) is 37.1 Å². The molecular weight excluding hydrogens is 257 g/mol. The SMILES string of the molecule is Cc1ccc(-n2ncc(CO)c2C(F)(F)F)cc1C. The predicted molar refractivity (Wildman–Crippen MR) is 64.0 cm³/mol. The van der Waals surface area contributed by atoms with Crippen molar-refractivity contribution in [2.75, 3.05) is 0 Å². The second kappa shape index (κ2) is 4.70. The lowest BCUT2D eigenvalue weighted by Crippen LogP contribution is -2.15. The van der Waals surface area contributed by atoms with E-state index in [0.29, 0.717) is 5.69 Å². The Bertz CT molecular complexity index is 602. The van der Waals surface area contributed by atoms with Gasteiger partial charge in [0.2, 0.25) is 0 Å². The summed E-state index contributed by atoms with van der Waals surface area (Å²) in [5, 5.41) is 12.7. The largest absolute Gasteiger partial charge is 0.433 e. The lowest BCUT2D eigenvalue weighted by molar-refractivity contribution is -0.143. The molecule has 0 amide bonds. The van der Waals surface area contributed by atoms with E-state index in [9.17, 15) is 13.2 Å². The fraction of sp³-hybridized carbons (Fsp3) is 0.308. The van der Waals surface area contributed by atoms with Crippen LogP contribution in [0.3, 0.4) is 0 Å². The van der Waals surface area contributed by atoms with Gasteiger partial charge in [-0.3, -0.25) is 0 Å². The molecule has 1 aromatic carbocycles. The molecule has 2 aromatic rings. The van der Waals surface area contributed by atoms with E-state index in [2.05, 4.69) is 5.10 Å². The number of hydrogen-bond acceptors (Lipinski definition) is 2. The molecule has 1 aromatic heterocycles. The topological polar surface area (TPSA) is 38.0 Å². The van der Waals surface area contributed by atoms with E-state index in [1.165, 1.54) is 0 Å². The van der Waals surface area contributed by atoms with Crippen LogP contribution in [0.1, 0.15) is 22.4 Å². The molecule has 19 heavy (non-hydrogen) atoms. The number of rotatable bonds is 2. The summed E-state index contributed by atoms with van der Waals surface area (Å²) in [6.07, 6.45) is -3.52. The first kappa shape index (κ1) is 13.6. The van der Waals surface area contributed by atoms with E-state index in [1.54, 1.807) is 18.2 Å². The lowest BCUT2D eigenvalue weighted by Gasteiger charge is -2.13. The third-order valence-corrected chi connectivity index (χ3v) is 3.02. The van der Waals surface area contributed by atoms with Crippen molar-refractivity contribution < 1.29 is 18.3 Å². The summed E-state index contributed by atoms with van der Waals surface area (Å²) < 4.78 is 39.9. The number of nitrogens with zero attached hydrogens (tertiary/aromatic N) is 2. The zero-order chi connectivity index (χ0) is 14.2. The van der Waals surface area contributed by atoms with E-state index < -0.39 is 18.5 Å². The monoisotopic (exact) mass is 270 g/mol. The molecule has 0 saturated carbocycles. The van der Waals surface area contributed by atoms with Gasteiger partial charge in [-0.2, -0.15) is 18.3 Å². The van der Waals surface area contributed by atoms with Crippen molar-refractivity contribution in [2.24, 2.45) is 0 Å². The highest BCUT2D eigenvalue weighted by molar-refractivity contribution is 5.41. The van der Waals surface area contributed by atoms with Crippen LogP contribution in [0.2, 0.25) is 0 Å². The Morgan fingerprint density at radius 2 is 1.89 bits per heavy atom. The molecule has 0 spiro atoms. The molecule has 0 bridgehead atoms. The zero-order valence-electron chi connectivity index (χ0n) is 10.5. The van der Waals surface area contributed by atoms with E-state index in [1.807, 2.05) is 13.8 Å². The van der Waals surface area contributed by atoms with E-state index in [4.69, 9.17) is 5.11 Å². The van der Waals surface area contributed by atoms with E-state index in [-0.39, 0.29) is 5.56 Å². The zero-order valence-corrected chi connectivity index (χ0v) is 10.5. The number of halogens is 3. The number of aliphatic hydroxyl groups excluding tert-OH is 1. The van der Waals surface area contributed by atoms with Crippen molar-refractivity contribution in [2.45, 2.75) is 26.6 Å². The van der Waals surface area contributed by atoms with Crippen molar-refractivity contribution in [1.82, 2.24) is 9.78 Å². The number of alkyl halides is 3. The second-order valence-electron chi connectivity index (χ2n) is 4.35. The molecule has 2 rings (SSSR count). The molecule has 102 valence electrons. The molecule has 0 fully saturated rings. The molecule has 0 saturated heterocycles. The highest BCUT2D eigenvalue weighted by atomic mass is 19.4. The van der Waals surface area contributed by atoms with Crippen molar-refractivity contribution >= 4 is 0 Å². The summed E-state index contributed by atoms with van der Waals surface area (Å²) >= 11 is 0. The summed E-state index contributed by atoms with van der Waals surface area (Å²) in [5.41, 5.74) is 1.04. The van der Waals surface area contributed by atoms with Gasteiger partial charge in [0, 0.05) is 5.56 Å². The molecule has 1 N–H and O–H groups in total. The minimum atomic E-state index is -4.56. The maximum atomic E-state index is 13.0. The van der Waals surface area contributed by atoms with Gasteiger partial charge >= 0.3 is 6.18 Å². The average Bonchev–Trinajstić information content (AvgIpc) is 2.76. The molecule has 0 aliphatic heterocycles. The van der Waals surface area contributed by atoms with Gasteiger partial charge < -0.3 is 5.11 Å². The van der Waals surface area contributed by atoms with Crippen LogP contribution in [0.25, 0.3) is 5.69 Å². The standard InChI is InChI=1S/C13H13F3N2O/c1-8-3-4-11(5-9(8)2)18-12(13(14,15)16)10(7-19)6-17-18/h3-6,19H,7H2,1-2H3. The minimum Gasteiger partial charge on any atom is -0.392 e. The highest BCUT2D eigenvalue weighted by Crippen LogP contribution is 2.33. The molecular formula is C13H13F3N2O. The van der Waals surface area contributed by atoms with Crippen molar-refractivity contribution in [3.8, 4) is 5.69 Å². The van der Waals surface area contributed by atoms with Crippen LogP contribution < -0.4 is 0 Å². The first-order valence-corrected chi connectivity index (χ1v) is 5.67. The quantitative estimate of drug-likeness (QED) is 0.911. The van der Waals surface area contributed by atoms with Crippen LogP contribution >= 0.6 is 0 Å².